The van der Waals surface area contributed by atoms with E-state index in [4.69, 9.17) is 17.0 Å². The van der Waals surface area contributed by atoms with E-state index in [0.717, 1.165) is 30.2 Å². The smallest absolute Gasteiger partial charge is 0.243 e. The zero-order valence-electron chi connectivity index (χ0n) is 15.2. The molecule has 0 aliphatic carbocycles. The van der Waals surface area contributed by atoms with Gasteiger partial charge in [0.15, 0.2) is 5.11 Å². The van der Waals surface area contributed by atoms with Crippen LogP contribution in [0.3, 0.4) is 0 Å². The van der Waals surface area contributed by atoms with Crippen molar-refractivity contribution in [3.05, 3.63) is 24.3 Å². The zero-order chi connectivity index (χ0) is 18.6. The van der Waals surface area contributed by atoms with Gasteiger partial charge in [-0.1, -0.05) is 6.92 Å². The zero-order valence-corrected chi connectivity index (χ0v) is 16.8. The molecule has 2 heterocycles. The summed E-state index contributed by atoms with van der Waals surface area (Å²) in [5.74, 6) is 0. The number of ether oxygens (including phenoxy) is 1. The first-order chi connectivity index (χ1) is 12.5. The molecule has 2 saturated heterocycles. The van der Waals surface area contributed by atoms with Crippen LogP contribution in [-0.4, -0.2) is 61.6 Å². The number of hydrogen-bond donors (Lipinski definition) is 1. The summed E-state index contributed by atoms with van der Waals surface area (Å²) in [4.78, 5) is 2.57. The van der Waals surface area contributed by atoms with Crippen molar-refractivity contribution in [3.63, 3.8) is 0 Å². The van der Waals surface area contributed by atoms with Crippen LogP contribution in [0.1, 0.15) is 32.6 Å². The second-order valence-corrected chi connectivity index (χ2v) is 9.05. The van der Waals surface area contributed by atoms with E-state index in [1.165, 1.54) is 17.1 Å². The number of likely N-dealkylation sites (tertiary alicyclic amines) is 1. The molecule has 0 aromatic heterocycles. The van der Waals surface area contributed by atoms with Crippen molar-refractivity contribution >= 4 is 33.0 Å². The lowest BCUT2D eigenvalue weighted by Gasteiger charge is -2.37. The molecule has 6 nitrogen and oxygen atoms in total. The van der Waals surface area contributed by atoms with Crippen molar-refractivity contribution in [2.24, 2.45) is 0 Å². The first kappa shape index (κ1) is 19.5. The lowest BCUT2D eigenvalue weighted by atomic mass is 10.0. The normalized spacial score (nSPS) is 22.2. The molecule has 0 radical (unpaired) electrons. The van der Waals surface area contributed by atoms with Crippen molar-refractivity contribution in [3.8, 4) is 0 Å². The number of rotatable bonds is 4. The standard InChI is InChI=1S/C18H27N3O3S2/c1-2-16-5-3-4-10-21(16)18(25)19-15-6-8-17(9-7-15)26(22,23)20-11-13-24-14-12-20/h6-9,16H,2-5,10-14H2,1H3,(H,19,25)/t16-/m1/s1. The fourth-order valence-corrected chi connectivity index (χ4v) is 5.30. The Labute approximate surface area is 161 Å². The van der Waals surface area contributed by atoms with E-state index in [0.29, 0.717) is 37.2 Å². The molecule has 2 aliphatic heterocycles. The highest BCUT2D eigenvalue weighted by Gasteiger charge is 2.26. The third-order valence-corrected chi connectivity index (χ3v) is 7.32. The molecule has 3 rings (SSSR count). The van der Waals surface area contributed by atoms with Crippen LogP contribution in [0.4, 0.5) is 5.69 Å². The van der Waals surface area contributed by atoms with Crippen LogP contribution >= 0.6 is 12.2 Å². The van der Waals surface area contributed by atoms with Crippen LogP contribution in [0.15, 0.2) is 29.2 Å². The first-order valence-corrected chi connectivity index (χ1v) is 11.1. The number of morpholine rings is 1. The van der Waals surface area contributed by atoms with Gasteiger partial charge in [0.05, 0.1) is 18.1 Å². The van der Waals surface area contributed by atoms with E-state index >= 15 is 0 Å². The summed E-state index contributed by atoms with van der Waals surface area (Å²) in [6.45, 7) is 4.87. The molecule has 0 unspecified atom stereocenters. The second kappa shape index (κ2) is 8.65. The molecule has 0 bridgehead atoms. The predicted octanol–water partition coefficient (Wildman–Crippen LogP) is 2.67. The number of hydrogen-bond acceptors (Lipinski definition) is 4. The third-order valence-electron chi connectivity index (χ3n) is 5.07. The molecule has 1 aromatic carbocycles. The minimum absolute atomic E-state index is 0.306. The van der Waals surface area contributed by atoms with Gasteiger partial charge in [-0.15, -0.1) is 0 Å². The lowest BCUT2D eigenvalue weighted by Crippen LogP contribution is -2.45. The van der Waals surface area contributed by atoms with Gasteiger partial charge in [0.2, 0.25) is 10.0 Å². The largest absolute Gasteiger partial charge is 0.379 e. The van der Waals surface area contributed by atoms with Crippen molar-refractivity contribution in [2.45, 2.75) is 43.5 Å². The average molecular weight is 398 g/mol. The van der Waals surface area contributed by atoms with Gasteiger partial charge < -0.3 is 15.0 Å². The molecule has 0 saturated carbocycles. The SMILES string of the molecule is CC[C@@H]1CCCCN1C(=S)Nc1ccc(S(=O)(=O)N2CCOCC2)cc1. The highest BCUT2D eigenvalue weighted by molar-refractivity contribution is 7.89. The summed E-state index contributed by atoms with van der Waals surface area (Å²) in [5.41, 5.74) is 0.816. The highest BCUT2D eigenvalue weighted by Crippen LogP contribution is 2.22. The van der Waals surface area contributed by atoms with Crippen molar-refractivity contribution in [1.82, 2.24) is 9.21 Å². The molecular formula is C18H27N3O3S2. The van der Waals surface area contributed by atoms with Crippen LogP contribution in [0.2, 0.25) is 0 Å². The minimum Gasteiger partial charge on any atom is -0.379 e. The number of piperidine rings is 1. The summed E-state index contributed by atoms with van der Waals surface area (Å²) in [7, 11) is -3.46. The van der Waals surface area contributed by atoms with Crippen LogP contribution in [0.5, 0.6) is 0 Å². The quantitative estimate of drug-likeness (QED) is 0.788. The number of thiocarbonyl (C=S) groups is 1. The van der Waals surface area contributed by atoms with Gasteiger partial charge in [-0.2, -0.15) is 4.31 Å². The molecule has 0 spiro atoms. The topological polar surface area (TPSA) is 61.9 Å². The Morgan fingerprint density at radius 2 is 1.88 bits per heavy atom. The molecule has 26 heavy (non-hydrogen) atoms. The van der Waals surface area contributed by atoms with Gasteiger partial charge in [-0.05, 0) is 62.2 Å². The van der Waals surface area contributed by atoms with Gasteiger partial charge in [0.25, 0.3) is 0 Å². The second-order valence-electron chi connectivity index (χ2n) is 6.72. The van der Waals surface area contributed by atoms with Crippen LogP contribution < -0.4 is 5.32 Å². The third kappa shape index (κ3) is 4.36. The minimum atomic E-state index is -3.46. The van der Waals surface area contributed by atoms with Gasteiger partial charge in [-0.25, -0.2) is 8.42 Å². The maximum atomic E-state index is 12.7. The molecule has 2 aliphatic rings. The lowest BCUT2D eigenvalue weighted by molar-refractivity contribution is 0.0730. The Morgan fingerprint density at radius 3 is 2.54 bits per heavy atom. The fraction of sp³-hybridized carbons (Fsp3) is 0.611. The van der Waals surface area contributed by atoms with E-state index in [-0.39, 0.29) is 0 Å². The maximum absolute atomic E-state index is 12.7. The first-order valence-electron chi connectivity index (χ1n) is 9.28. The Hall–Kier alpha value is -1.22. The summed E-state index contributed by atoms with van der Waals surface area (Å²) in [6.07, 6.45) is 4.67. The number of nitrogens with zero attached hydrogens (tertiary/aromatic N) is 2. The molecular weight excluding hydrogens is 370 g/mol. The van der Waals surface area contributed by atoms with Crippen molar-refractivity contribution in [2.75, 3.05) is 38.2 Å². The summed E-state index contributed by atoms with van der Waals surface area (Å²) in [6, 6.07) is 7.34. The Balaban J connectivity index is 1.66. The maximum Gasteiger partial charge on any atom is 0.243 e. The number of sulfonamides is 1. The van der Waals surface area contributed by atoms with Gasteiger partial charge >= 0.3 is 0 Å². The van der Waals surface area contributed by atoms with Crippen LogP contribution in [0.25, 0.3) is 0 Å². The monoisotopic (exact) mass is 397 g/mol. The van der Waals surface area contributed by atoms with Crippen molar-refractivity contribution in [1.29, 1.82) is 0 Å². The summed E-state index contributed by atoms with van der Waals surface area (Å²) in [5, 5.41) is 3.99. The Kier molecular flexibility index (Phi) is 6.50. The number of benzene rings is 1. The molecule has 8 heteroatoms. The van der Waals surface area contributed by atoms with Gasteiger partial charge in [0, 0.05) is 31.4 Å². The van der Waals surface area contributed by atoms with Gasteiger partial charge in [-0.3, -0.25) is 0 Å². The summed E-state index contributed by atoms with van der Waals surface area (Å²) >= 11 is 5.58. The Bertz CT molecular complexity index is 716. The fourth-order valence-electron chi connectivity index (χ4n) is 3.53. The van der Waals surface area contributed by atoms with E-state index in [1.54, 1.807) is 24.3 Å². The van der Waals surface area contributed by atoms with E-state index in [9.17, 15) is 8.42 Å². The van der Waals surface area contributed by atoms with Crippen LogP contribution in [-0.2, 0) is 14.8 Å². The molecule has 1 aromatic rings. The van der Waals surface area contributed by atoms with Gasteiger partial charge in [0.1, 0.15) is 0 Å². The summed E-state index contributed by atoms with van der Waals surface area (Å²) < 4.78 is 32.0. The highest BCUT2D eigenvalue weighted by atomic mass is 32.2. The van der Waals surface area contributed by atoms with E-state index < -0.39 is 10.0 Å². The molecule has 144 valence electrons. The van der Waals surface area contributed by atoms with E-state index in [1.807, 2.05) is 0 Å². The van der Waals surface area contributed by atoms with Crippen molar-refractivity contribution < 1.29 is 13.2 Å². The molecule has 1 atom stereocenters. The Morgan fingerprint density at radius 1 is 1.19 bits per heavy atom. The average Bonchev–Trinajstić information content (AvgIpc) is 2.69. The predicted molar refractivity (Wildman–Crippen MR) is 107 cm³/mol. The number of anilines is 1. The molecule has 1 N–H and O–H groups in total. The number of nitrogens with one attached hydrogen (secondary N) is 1. The van der Waals surface area contributed by atoms with E-state index in [2.05, 4.69) is 17.1 Å². The van der Waals surface area contributed by atoms with Crippen LogP contribution in [0, 0.1) is 0 Å². The molecule has 2 fully saturated rings. The molecule has 0 amide bonds.